The van der Waals surface area contributed by atoms with Crippen molar-refractivity contribution >= 4 is 23.3 Å². The highest BCUT2D eigenvalue weighted by atomic mass is 32.1. The van der Waals surface area contributed by atoms with Gasteiger partial charge in [-0.1, -0.05) is 36.4 Å². The number of hydrogen-bond acceptors (Lipinski definition) is 4. The van der Waals surface area contributed by atoms with Gasteiger partial charge in [-0.2, -0.15) is 0 Å². The summed E-state index contributed by atoms with van der Waals surface area (Å²) in [5.74, 6) is 0.0529. The van der Waals surface area contributed by atoms with Gasteiger partial charge in [0.05, 0.1) is 25.4 Å². The van der Waals surface area contributed by atoms with Crippen LogP contribution in [-0.2, 0) is 20.7 Å². The Bertz CT molecular complexity index is 699. The van der Waals surface area contributed by atoms with E-state index in [2.05, 4.69) is 12.1 Å². The third-order valence-corrected chi connectivity index (χ3v) is 5.45. The maximum absolute atomic E-state index is 12.8. The monoisotopic (exact) mass is 371 g/mol. The number of nitrogens with zero attached hydrogens (tertiary/aromatic N) is 1. The molecule has 0 bridgehead atoms. The van der Waals surface area contributed by atoms with Gasteiger partial charge in [0, 0.05) is 24.6 Å². The summed E-state index contributed by atoms with van der Waals surface area (Å²) in [7, 11) is 1.67. The van der Waals surface area contributed by atoms with Crippen molar-refractivity contribution in [3.8, 4) is 0 Å². The molecule has 0 aliphatic carbocycles. The zero-order valence-corrected chi connectivity index (χ0v) is 15.9. The number of hydrogen-bond donors (Lipinski definition) is 0. The maximum atomic E-state index is 12.8. The Labute approximate surface area is 159 Å². The molecule has 1 amide bonds. The minimum absolute atomic E-state index is 0.0458. The highest BCUT2D eigenvalue weighted by Crippen LogP contribution is 2.25. The number of likely N-dealkylation sites (tertiary alicyclic amines) is 1. The zero-order chi connectivity index (χ0) is 18.2. The van der Waals surface area contributed by atoms with Crippen molar-refractivity contribution in [2.45, 2.75) is 25.0 Å². The first-order valence-electron chi connectivity index (χ1n) is 8.94. The average Bonchev–Trinajstić information content (AvgIpc) is 3.31. The predicted octanol–water partition coefficient (Wildman–Crippen LogP) is 3.64. The normalized spacial score (nSPS) is 20.1. The van der Waals surface area contributed by atoms with Gasteiger partial charge in [-0.3, -0.25) is 4.79 Å². The molecule has 5 heteroatoms. The maximum Gasteiger partial charge on any atom is 0.246 e. The summed E-state index contributed by atoms with van der Waals surface area (Å²) < 4.78 is 11.1. The number of rotatable bonds is 8. The summed E-state index contributed by atoms with van der Waals surface area (Å²) in [5, 5.41) is 2.01. The fourth-order valence-electron chi connectivity index (χ4n) is 3.31. The van der Waals surface area contributed by atoms with E-state index in [9.17, 15) is 4.79 Å². The van der Waals surface area contributed by atoms with Crippen molar-refractivity contribution in [2.75, 3.05) is 26.9 Å². The van der Waals surface area contributed by atoms with Crippen LogP contribution in [0.3, 0.4) is 0 Å². The van der Waals surface area contributed by atoms with Crippen molar-refractivity contribution < 1.29 is 14.3 Å². The summed E-state index contributed by atoms with van der Waals surface area (Å²) in [6.07, 6.45) is 5.29. The van der Waals surface area contributed by atoms with Gasteiger partial charge in [0.25, 0.3) is 0 Å². The van der Waals surface area contributed by atoms with E-state index < -0.39 is 0 Å². The summed E-state index contributed by atoms with van der Waals surface area (Å²) in [6, 6.07) is 14.3. The fraction of sp³-hybridized carbons (Fsp3) is 0.381. The second kappa shape index (κ2) is 9.67. The molecule has 2 aromatic rings. The summed E-state index contributed by atoms with van der Waals surface area (Å²) in [5.41, 5.74) is 1.22. The molecule has 1 aromatic carbocycles. The Balaban J connectivity index is 1.70. The van der Waals surface area contributed by atoms with Gasteiger partial charge in [-0.25, -0.2) is 0 Å². The first-order valence-corrected chi connectivity index (χ1v) is 9.82. The van der Waals surface area contributed by atoms with Crippen molar-refractivity contribution in [1.29, 1.82) is 0 Å². The molecule has 1 saturated heterocycles. The molecular formula is C21H25NO3S. The number of carbonyl (C=O) groups excluding carboxylic acids is 1. The van der Waals surface area contributed by atoms with Crippen LogP contribution >= 0.6 is 11.3 Å². The lowest BCUT2D eigenvalue weighted by Gasteiger charge is -2.27. The molecule has 1 fully saturated rings. The van der Waals surface area contributed by atoms with Gasteiger partial charge in [0.1, 0.15) is 0 Å². The van der Waals surface area contributed by atoms with Crippen molar-refractivity contribution in [2.24, 2.45) is 0 Å². The van der Waals surface area contributed by atoms with Gasteiger partial charge in [-0.05, 0) is 35.9 Å². The fourth-order valence-corrected chi connectivity index (χ4v) is 3.93. The van der Waals surface area contributed by atoms with E-state index >= 15 is 0 Å². The summed E-state index contributed by atoms with van der Waals surface area (Å²) in [6.45, 7) is 1.85. The molecule has 0 saturated carbocycles. The molecule has 26 heavy (non-hydrogen) atoms. The number of ether oxygens (including phenoxy) is 2. The van der Waals surface area contributed by atoms with E-state index in [4.69, 9.17) is 9.47 Å². The first-order chi connectivity index (χ1) is 12.8. The second-order valence-electron chi connectivity index (χ2n) is 6.33. The molecule has 0 unspecified atom stereocenters. The number of carbonyl (C=O) groups is 1. The Morgan fingerprint density at radius 1 is 1.23 bits per heavy atom. The number of thiophene rings is 1. The van der Waals surface area contributed by atoms with Gasteiger partial charge < -0.3 is 14.4 Å². The van der Waals surface area contributed by atoms with E-state index in [1.165, 1.54) is 5.56 Å². The van der Waals surface area contributed by atoms with Crippen molar-refractivity contribution in [3.05, 3.63) is 64.4 Å². The lowest BCUT2D eigenvalue weighted by atomic mass is 10.0. The molecule has 0 spiro atoms. The average molecular weight is 372 g/mol. The summed E-state index contributed by atoms with van der Waals surface area (Å²) >= 11 is 1.63. The lowest BCUT2D eigenvalue weighted by Crippen LogP contribution is -2.41. The van der Waals surface area contributed by atoms with Gasteiger partial charge in [-0.15, -0.1) is 11.3 Å². The summed E-state index contributed by atoms with van der Waals surface area (Å²) in [4.78, 5) is 15.8. The van der Waals surface area contributed by atoms with E-state index in [0.717, 1.165) is 24.3 Å². The minimum atomic E-state index is 0.0458. The third-order valence-electron chi connectivity index (χ3n) is 4.61. The molecule has 2 atom stereocenters. The Hall–Kier alpha value is -1.95. The molecular weight excluding hydrogens is 346 g/mol. The minimum Gasteiger partial charge on any atom is -0.382 e. The smallest absolute Gasteiger partial charge is 0.246 e. The number of amides is 1. The topological polar surface area (TPSA) is 38.8 Å². The van der Waals surface area contributed by atoms with Crippen molar-refractivity contribution in [3.63, 3.8) is 0 Å². The molecule has 1 aliphatic heterocycles. The van der Waals surface area contributed by atoms with E-state index in [0.29, 0.717) is 13.2 Å². The van der Waals surface area contributed by atoms with Crippen LogP contribution in [0.5, 0.6) is 0 Å². The Kier molecular flexibility index (Phi) is 7.00. The van der Waals surface area contributed by atoms with Crippen LogP contribution in [0, 0.1) is 0 Å². The molecule has 1 aliphatic rings. The molecule has 2 heterocycles. The Morgan fingerprint density at radius 3 is 2.81 bits per heavy atom. The molecule has 0 radical (unpaired) electrons. The van der Waals surface area contributed by atoms with E-state index in [1.807, 2.05) is 46.7 Å². The Morgan fingerprint density at radius 2 is 2.08 bits per heavy atom. The van der Waals surface area contributed by atoms with Crippen LogP contribution in [-0.4, -0.2) is 49.8 Å². The lowest BCUT2D eigenvalue weighted by molar-refractivity contribution is -0.128. The van der Waals surface area contributed by atoms with Crippen LogP contribution in [0.25, 0.3) is 6.08 Å². The second-order valence-corrected chi connectivity index (χ2v) is 7.31. The molecule has 1 aromatic heterocycles. The van der Waals surface area contributed by atoms with Crippen LogP contribution < -0.4 is 0 Å². The van der Waals surface area contributed by atoms with Crippen LogP contribution in [0.4, 0.5) is 0 Å². The molecule has 3 rings (SSSR count). The van der Waals surface area contributed by atoms with Crippen LogP contribution in [0.1, 0.15) is 16.9 Å². The van der Waals surface area contributed by atoms with Gasteiger partial charge in [0.2, 0.25) is 5.91 Å². The highest BCUT2D eigenvalue weighted by molar-refractivity contribution is 7.10. The molecule has 4 nitrogen and oxygen atoms in total. The quantitative estimate of drug-likeness (QED) is 0.525. The number of methoxy groups -OCH3 is 1. The zero-order valence-electron chi connectivity index (χ0n) is 15.0. The SMILES string of the molecule is COCCO[C@@H]1CCN(C(=O)/C=C/c2cccs2)[C@H]1Cc1ccccc1. The van der Waals surface area contributed by atoms with Crippen LogP contribution in [0.15, 0.2) is 53.9 Å². The molecule has 138 valence electrons. The van der Waals surface area contributed by atoms with Crippen LogP contribution in [0.2, 0.25) is 0 Å². The predicted molar refractivity (Wildman–Crippen MR) is 105 cm³/mol. The standard InChI is InChI=1S/C21H25NO3S/c1-24-13-14-25-20-11-12-22(19(20)16-17-6-3-2-4-7-17)21(23)10-9-18-8-5-15-26-18/h2-10,15,19-20H,11-14,16H2,1H3/b10-9+/t19-,20+/m0/s1. The van der Waals surface area contributed by atoms with E-state index in [1.54, 1.807) is 24.5 Å². The number of benzene rings is 1. The van der Waals surface area contributed by atoms with Gasteiger partial charge >= 0.3 is 0 Å². The third kappa shape index (κ3) is 5.04. The van der Waals surface area contributed by atoms with Gasteiger partial charge in [0.15, 0.2) is 0 Å². The molecule has 0 N–H and O–H groups in total. The largest absolute Gasteiger partial charge is 0.382 e. The van der Waals surface area contributed by atoms with Crippen molar-refractivity contribution in [1.82, 2.24) is 4.90 Å². The first kappa shape index (κ1) is 18.8. The van der Waals surface area contributed by atoms with E-state index in [-0.39, 0.29) is 18.1 Å². The highest BCUT2D eigenvalue weighted by Gasteiger charge is 2.36.